The van der Waals surface area contributed by atoms with Crippen molar-refractivity contribution in [3.8, 4) is 0 Å². The molecule has 0 unspecified atom stereocenters. The molecule has 0 saturated carbocycles. The number of nitrogens with zero attached hydrogens (tertiary/aromatic N) is 2. The van der Waals surface area contributed by atoms with Crippen molar-refractivity contribution < 1.29 is 38.4 Å². The molecule has 9 rings (SSSR count). The average Bonchev–Trinajstić information content (AvgIpc) is 4.40. The van der Waals surface area contributed by atoms with E-state index in [-0.39, 0.29) is 79.5 Å². The number of nitrogens with one attached hydrogen (secondary N) is 6. The van der Waals surface area contributed by atoms with Gasteiger partial charge in [0, 0.05) is 35.8 Å². The molecule has 2 aliphatic heterocycles. The summed E-state index contributed by atoms with van der Waals surface area (Å²) in [5.41, 5.74) is 9.31. The van der Waals surface area contributed by atoms with Crippen LogP contribution in [0.4, 0.5) is 22.7 Å². The van der Waals surface area contributed by atoms with E-state index in [1.54, 1.807) is 65.3 Å². The Morgan fingerprint density at radius 1 is 0.412 bits per heavy atom. The van der Waals surface area contributed by atoms with Crippen LogP contribution in [0.15, 0.2) is 182 Å². The van der Waals surface area contributed by atoms with Crippen LogP contribution in [-0.2, 0) is 64.0 Å². The van der Waals surface area contributed by atoms with Crippen molar-refractivity contribution in [1.29, 1.82) is 0 Å². The summed E-state index contributed by atoms with van der Waals surface area (Å²) in [6, 6.07) is 53.6. The van der Waals surface area contributed by atoms with Crippen LogP contribution in [0.2, 0.25) is 0 Å². The summed E-state index contributed by atoms with van der Waals surface area (Å²) < 4.78 is 0. The van der Waals surface area contributed by atoms with Crippen LogP contribution in [0.5, 0.6) is 0 Å². The van der Waals surface area contributed by atoms with Crippen LogP contribution < -0.4 is 31.9 Å². The second-order valence-electron chi connectivity index (χ2n) is 21.2. The highest BCUT2D eigenvalue weighted by atomic mass is 16.2. The van der Waals surface area contributed by atoms with Crippen molar-refractivity contribution in [2.24, 2.45) is 0 Å². The van der Waals surface area contributed by atoms with Gasteiger partial charge >= 0.3 is 0 Å². The van der Waals surface area contributed by atoms with Gasteiger partial charge in [0.1, 0.15) is 18.1 Å². The number of benzene rings is 7. The number of hydrogen-bond donors (Lipinski definition) is 6. The fraction of sp³-hybridized carbons (Fsp3) is 0.217. The second-order valence-corrected chi connectivity index (χ2v) is 21.2. The third kappa shape index (κ3) is 17.6. The fourth-order valence-electron chi connectivity index (χ4n) is 10.2. The molecule has 432 valence electrons. The Hall–Kier alpha value is -10.2. The number of rotatable bonds is 22. The Morgan fingerprint density at radius 3 is 1.19 bits per heavy atom. The Labute approximate surface area is 494 Å². The molecule has 0 radical (unpaired) electrons. The summed E-state index contributed by atoms with van der Waals surface area (Å²) in [5, 5.41) is 17.0. The first-order valence-corrected chi connectivity index (χ1v) is 28.6. The lowest BCUT2D eigenvalue weighted by molar-refractivity contribution is -0.136. The van der Waals surface area contributed by atoms with Gasteiger partial charge in [0.25, 0.3) is 0 Å². The molecule has 0 aliphatic carbocycles. The third-order valence-electron chi connectivity index (χ3n) is 14.8. The molecule has 0 aromatic heterocycles. The summed E-state index contributed by atoms with van der Waals surface area (Å²) >= 11 is 0. The van der Waals surface area contributed by atoms with Crippen molar-refractivity contribution in [2.75, 3.05) is 40.9 Å². The Morgan fingerprint density at radius 2 is 0.765 bits per heavy atom. The number of anilines is 4. The topological polar surface area (TPSA) is 215 Å². The molecule has 16 nitrogen and oxygen atoms in total. The van der Waals surface area contributed by atoms with Crippen LogP contribution in [0.25, 0.3) is 24.3 Å². The molecule has 0 spiro atoms. The molecule has 3 atom stereocenters. The molecule has 0 bridgehead atoms. The first-order valence-electron chi connectivity index (χ1n) is 28.6. The van der Waals surface area contributed by atoms with Crippen LogP contribution in [0.1, 0.15) is 77.1 Å². The summed E-state index contributed by atoms with van der Waals surface area (Å²) in [7, 11) is 0. The van der Waals surface area contributed by atoms with E-state index in [0.717, 1.165) is 45.4 Å². The second kappa shape index (κ2) is 29.2. The van der Waals surface area contributed by atoms with Gasteiger partial charge in [-0.2, -0.15) is 0 Å². The van der Waals surface area contributed by atoms with Gasteiger partial charge in [-0.05, 0) is 126 Å². The quantitative estimate of drug-likeness (QED) is 0.0359. The predicted octanol–water partition coefficient (Wildman–Crippen LogP) is 9.36. The van der Waals surface area contributed by atoms with Gasteiger partial charge in [-0.25, -0.2) is 0 Å². The number of likely N-dealkylation sites (tertiary alicyclic amines) is 2. The maximum atomic E-state index is 13.6. The molecule has 7 aromatic rings. The highest BCUT2D eigenvalue weighted by molar-refractivity contribution is 6.00. The predicted molar refractivity (Wildman–Crippen MR) is 332 cm³/mol. The lowest BCUT2D eigenvalue weighted by atomic mass is 10.1. The molecule has 6 N–H and O–H groups in total. The lowest BCUT2D eigenvalue weighted by Gasteiger charge is -2.24. The Kier molecular flexibility index (Phi) is 20.4. The highest BCUT2D eigenvalue weighted by Gasteiger charge is 2.35. The third-order valence-corrected chi connectivity index (χ3v) is 14.8. The zero-order chi connectivity index (χ0) is 59.5. The molecule has 8 amide bonds. The highest BCUT2D eigenvalue weighted by Crippen LogP contribution is 2.24. The largest absolute Gasteiger partial charge is 0.347 e. The standard InChI is InChI=1S/C69H68N8O8/c1-47(67(83)73-57-34-26-49(27-35-57)18-19-51-30-38-58(39-31-51)74-68(84)60-14-8-40-76(60)65(81)44-53-12-6-3-7-13-53)71-63(79)43-54-20-22-55(23-21-54)45-66(82)77-41-9-15-61(77)69(85)75-59-36-28-50(29-37-59)17-16-48-24-32-56(33-25-48)72-64(80)46-70-62(78)42-52-10-4-2-5-11-52/h2-7,10-13,16-39,47,60-61H,8-9,14-15,40-46H2,1H3,(H,70,78)(H,71,79)(H,72,80)(H,73,83)(H,74,84)(H,75,85)/b17-16+,19-18+/t47-,60-,61-/m0/s1. The number of amides is 8. The number of hydrogen-bond acceptors (Lipinski definition) is 8. The van der Waals surface area contributed by atoms with E-state index in [2.05, 4.69) is 31.9 Å². The van der Waals surface area contributed by atoms with Gasteiger partial charge in [-0.3, -0.25) is 38.4 Å². The summed E-state index contributed by atoms with van der Waals surface area (Å²) in [5.74, 6) is -1.93. The van der Waals surface area contributed by atoms with Gasteiger partial charge in [0.2, 0.25) is 47.3 Å². The molecule has 7 aromatic carbocycles. The average molecular weight is 1140 g/mol. The van der Waals surface area contributed by atoms with E-state index in [9.17, 15) is 38.4 Å². The van der Waals surface area contributed by atoms with Crippen molar-refractivity contribution >= 4 is 94.3 Å². The molecule has 2 aliphatic rings. The summed E-state index contributed by atoms with van der Waals surface area (Å²) in [6.45, 7) is 2.52. The monoisotopic (exact) mass is 1140 g/mol. The summed E-state index contributed by atoms with van der Waals surface area (Å²) in [6.07, 6.45) is 11.0. The van der Waals surface area contributed by atoms with Gasteiger partial charge in [0.05, 0.1) is 32.2 Å². The van der Waals surface area contributed by atoms with Gasteiger partial charge in [0.15, 0.2) is 0 Å². The van der Waals surface area contributed by atoms with E-state index in [1.165, 1.54) is 0 Å². The molecule has 2 fully saturated rings. The van der Waals surface area contributed by atoms with Crippen molar-refractivity contribution in [3.63, 3.8) is 0 Å². The molecular formula is C69H68N8O8. The maximum absolute atomic E-state index is 13.6. The van der Waals surface area contributed by atoms with Crippen molar-refractivity contribution in [1.82, 2.24) is 20.4 Å². The first-order chi connectivity index (χ1) is 41.3. The minimum Gasteiger partial charge on any atom is -0.347 e. The normalized spacial score (nSPS) is 15.0. The van der Waals surface area contributed by atoms with Gasteiger partial charge < -0.3 is 41.7 Å². The van der Waals surface area contributed by atoms with E-state index >= 15 is 0 Å². The van der Waals surface area contributed by atoms with E-state index in [4.69, 9.17) is 0 Å². The van der Waals surface area contributed by atoms with Crippen LogP contribution in [0, 0.1) is 0 Å². The van der Waals surface area contributed by atoms with Crippen molar-refractivity contribution in [3.05, 3.63) is 226 Å². The number of carbonyl (C=O) groups excluding carboxylic acids is 8. The van der Waals surface area contributed by atoms with E-state index < -0.39 is 18.1 Å². The van der Waals surface area contributed by atoms with Gasteiger partial charge in [-0.15, -0.1) is 0 Å². The molecule has 16 heteroatoms. The minimum absolute atomic E-state index is 0.0318. The Bertz CT molecular complexity index is 3540. The zero-order valence-corrected chi connectivity index (χ0v) is 47.3. The minimum atomic E-state index is -0.815. The van der Waals surface area contributed by atoms with Crippen LogP contribution >= 0.6 is 0 Å². The van der Waals surface area contributed by atoms with E-state index in [1.807, 2.05) is 158 Å². The Balaban J connectivity index is 0.656. The van der Waals surface area contributed by atoms with Crippen LogP contribution in [-0.4, -0.2) is 94.8 Å². The molecule has 85 heavy (non-hydrogen) atoms. The summed E-state index contributed by atoms with van der Waals surface area (Å²) in [4.78, 5) is 107. The first kappa shape index (κ1) is 59.4. The maximum Gasteiger partial charge on any atom is 0.247 e. The van der Waals surface area contributed by atoms with Crippen LogP contribution in [0.3, 0.4) is 0 Å². The number of carbonyl (C=O) groups is 8. The lowest BCUT2D eigenvalue weighted by Crippen LogP contribution is -2.43. The smallest absolute Gasteiger partial charge is 0.247 e. The van der Waals surface area contributed by atoms with Gasteiger partial charge in [-0.1, -0.05) is 158 Å². The molecular weight excluding hydrogens is 1070 g/mol. The fourth-order valence-corrected chi connectivity index (χ4v) is 10.2. The molecule has 2 heterocycles. The SMILES string of the molecule is C[C@H](NC(=O)Cc1ccc(CC(=O)N2CCC[C@H]2C(=O)Nc2ccc(/C=C/c3ccc(NC(=O)CNC(=O)Cc4ccccc4)cc3)cc2)cc1)C(=O)Nc1ccc(/C=C/c2ccc(NC(=O)[C@@H]3CCCN3C(=O)Cc3ccccc3)cc2)cc1. The zero-order valence-electron chi connectivity index (χ0n) is 47.3. The molecule has 2 saturated heterocycles. The van der Waals surface area contributed by atoms with E-state index in [0.29, 0.717) is 60.7 Å². The van der Waals surface area contributed by atoms with Crippen molar-refractivity contribution in [2.45, 2.75) is 76.4 Å².